The summed E-state index contributed by atoms with van der Waals surface area (Å²) in [6, 6.07) is 82.7. The Bertz CT molecular complexity index is 3720. The lowest BCUT2D eigenvalue weighted by Crippen LogP contribution is -2.22. The van der Waals surface area contributed by atoms with Gasteiger partial charge in [-0.25, -0.2) is 0 Å². The molecule has 0 amide bonds. The topological polar surface area (TPSA) is 3.24 Å². The molecule has 2 aliphatic carbocycles. The van der Waals surface area contributed by atoms with Crippen molar-refractivity contribution in [1.29, 1.82) is 0 Å². The summed E-state index contributed by atoms with van der Waals surface area (Å²) in [5, 5.41) is 2.48. The average molecular weight is 930 g/mol. The summed E-state index contributed by atoms with van der Waals surface area (Å²) in [4.78, 5) is 2.56. The Morgan fingerprint density at radius 3 is 1.50 bits per heavy atom. The van der Waals surface area contributed by atoms with Gasteiger partial charge in [0.25, 0.3) is 0 Å². The standard InChI is InChI=1S/C71H63N/c1-68(2,3)50-41-48(42-51(44-50)69(4,5)6)54-31-21-23-46-24-22-32-60(67(46)54)59-30-16-20-36-66(59)72(52-38-40-57-55-28-13-17-33-61(55)70(7,8)63(57)45-52)65-35-19-15-27-53(65)47-37-39-58-56-29-14-18-34-62(56)71(9,64(58)43-47)49-25-11-10-12-26-49/h10-45H,1-9H3. The molecule has 352 valence electrons. The summed E-state index contributed by atoms with van der Waals surface area (Å²) in [6.45, 7) is 21.2. The van der Waals surface area contributed by atoms with Crippen molar-refractivity contribution in [1.82, 2.24) is 0 Å². The SMILES string of the molecule is CC(C)(C)c1cc(-c2cccc3cccc(-c4ccccc4N(c4ccc5c(c4)C(C)(C)c4ccccc4-5)c4ccccc4-c4ccc5c(c4)C(C)(c4ccccc4)c4ccccc4-5)c23)cc(C(C)(C)C)c1. The fraction of sp³-hybridized carbons (Fsp3) is 0.183. The molecule has 0 aliphatic heterocycles. The van der Waals surface area contributed by atoms with Crippen molar-refractivity contribution in [3.63, 3.8) is 0 Å². The minimum Gasteiger partial charge on any atom is -0.309 e. The third kappa shape index (κ3) is 7.19. The number of benzene rings is 10. The molecule has 1 unspecified atom stereocenters. The van der Waals surface area contributed by atoms with E-state index in [1.165, 1.54) is 105 Å². The molecule has 10 aromatic carbocycles. The lowest BCUT2D eigenvalue weighted by Gasteiger charge is -2.32. The number of anilines is 3. The second-order valence-corrected chi connectivity index (χ2v) is 23.1. The smallest absolute Gasteiger partial charge is 0.0540 e. The maximum Gasteiger partial charge on any atom is 0.0540 e. The Kier molecular flexibility index (Phi) is 10.5. The third-order valence-corrected chi connectivity index (χ3v) is 16.3. The molecule has 1 heteroatoms. The first kappa shape index (κ1) is 45.4. The molecule has 1 atom stereocenters. The van der Waals surface area contributed by atoms with Crippen molar-refractivity contribution in [2.24, 2.45) is 0 Å². The van der Waals surface area contributed by atoms with Crippen LogP contribution in [0.5, 0.6) is 0 Å². The Balaban J connectivity index is 1.10. The molecule has 0 fully saturated rings. The van der Waals surface area contributed by atoms with Gasteiger partial charge in [-0.2, -0.15) is 0 Å². The minimum absolute atomic E-state index is 0.0152. The predicted octanol–water partition coefficient (Wildman–Crippen LogP) is 19.5. The predicted molar refractivity (Wildman–Crippen MR) is 307 cm³/mol. The van der Waals surface area contributed by atoms with Crippen molar-refractivity contribution in [2.45, 2.75) is 84.0 Å². The number of hydrogen-bond acceptors (Lipinski definition) is 1. The summed E-state index contributed by atoms with van der Waals surface area (Å²) in [5.74, 6) is 0. The number of hydrogen-bond donors (Lipinski definition) is 0. The molecule has 0 N–H and O–H groups in total. The van der Waals surface area contributed by atoms with Crippen LogP contribution < -0.4 is 4.90 Å². The molecule has 0 spiro atoms. The van der Waals surface area contributed by atoms with Crippen molar-refractivity contribution in [3.8, 4) is 55.6 Å². The van der Waals surface area contributed by atoms with Crippen LogP contribution in [0.4, 0.5) is 17.1 Å². The second kappa shape index (κ2) is 16.7. The van der Waals surface area contributed by atoms with E-state index in [2.05, 4.69) is 286 Å². The summed E-state index contributed by atoms with van der Waals surface area (Å²) in [7, 11) is 0. The highest BCUT2D eigenvalue weighted by atomic mass is 15.1. The molecule has 12 rings (SSSR count). The molecule has 0 bridgehead atoms. The third-order valence-electron chi connectivity index (χ3n) is 16.3. The Labute approximate surface area is 427 Å². The summed E-state index contributed by atoms with van der Waals surface area (Å²) in [5.41, 5.74) is 24.8. The molecule has 0 saturated carbocycles. The zero-order valence-corrected chi connectivity index (χ0v) is 43.2. The highest BCUT2D eigenvalue weighted by Crippen LogP contribution is 2.56. The van der Waals surface area contributed by atoms with Gasteiger partial charge in [-0.1, -0.05) is 243 Å². The van der Waals surface area contributed by atoms with Crippen molar-refractivity contribution in [3.05, 3.63) is 257 Å². The number of rotatable bonds is 7. The lowest BCUT2D eigenvalue weighted by atomic mass is 9.74. The molecule has 0 heterocycles. The van der Waals surface area contributed by atoms with E-state index in [0.717, 1.165) is 17.1 Å². The van der Waals surface area contributed by atoms with E-state index in [1.807, 2.05) is 0 Å². The van der Waals surface area contributed by atoms with Crippen molar-refractivity contribution >= 4 is 27.8 Å². The largest absolute Gasteiger partial charge is 0.309 e. The Hall–Kier alpha value is -7.74. The maximum atomic E-state index is 2.56. The van der Waals surface area contributed by atoms with Crippen LogP contribution >= 0.6 is 0 Å². The molecular formula is C71H63N. The van der Waals surface area contributed by atoms with Crippen molar-refractivity contribution < 1.29 is 0 Å². The zero-order valence-electron chi connectivity index (χ0n) is 43.2. The molecular weight excluding hydrogens is 867 g/mol. The van der Waals surface area contributed by atoms with Gasteiger partial charge in [0.2, 0.25) is 0 Å². The summed E-state index contributed by atoms with van der Waals surface area (Å²) >= 11 is 0. The van der Waals surface area contributed by atoms with Gasteiger partial charge in [0, 0.05) is 27.6 Å². The van der Waals surface area contributed by atoms with Gasteiger partial charge >= 0.3 is 0 Å². The van der Waals surface area contributed by atoms with Crippen LogP contribution in [0.1, 0.15) is 101 Å². The molecule has 72 heavy (non-hydrogen) atoms. The van der Waals surface area contributed by atoms with E-state index in [9.17, 15) is 0 Å². The van der Waals surface area contributed by atoms with Crippen LogP contribution in [-0.2, 0) is 21.7 Å². The lowest BCUT2D eigenvalue weighted by molar-refractivity contribution is 0.569. The average Bonchev–Trinajstić information content (AvgIpc) is 3.79. The van der Waals surface area contributed by atoms with Crippen LogP contribution in [0.25, 0.3) is 66.4 Å². The first-order chi connectivity index (χ1) is 34.6. The number of fused-ring (bicyclic) bond motifs is 7. The number of nitrogens with zero attached hydrogens (tertiary/aromatic N) is 1. The first-order valence-electron chi connectivity index (χ1n) is 25.8. The Morgan fingerprint density at radius 1 is 0.333 bits per heavy atom. The summed E-state index contributed by atoms with van der Waals surface area (Å²) < 4.78 is 0. The fourth-order valence-corrected chi connectivity index (χ4v) is 12.2. The molecule has 0 saturated heterocycles. The van der Waals surface area contributed by atoms with Gasteiger partial charge < -0.3 is 4.90 Å². The Morgan fingerprint density at radius 2 is 0.833 bits per heavy atom. The van der Waals surface area contributed by atoms with Gasteiger partial charge in [0.1, 0.15) is 0 Å². The van der Waals surface area contributed by atoms with Crippen LogP contribution in [0.15, 0.2) is 218 Å². The van der Waals surface area contributed by atoms with Crippen LogP contribution in [0.3, 0.4) is 0 Å². The van der Waals surface area contributed by atoms with Gasteiger partial charge in [0.05, 0.1) is 11.4 Å². The molecule has 10 aromatic rings. The normalized spacial score (nSPS) is 15.5. The van der Waals surface area contributed by atoms with Gasteiger partial charge in [0.15, 0.2) is 0 Å². The van der Waals surface area contributed by atoms with E-state index in [1.54, 1.807) is 0 Å². The molecule has 2 aliphatic rings. The van der Waals surface area contributed by atoms with E-state index in [-0.39, 0.29) is 21.7 Å². The van der Waals surface area contributed by atoms with Crippen LogP contribution in [0.2, 0.25) is 0 Å². The monoisotopic (exact) mass is 929 g/mol. The summed E-state index contributed by atoms with van der Waals surface area (Å²) in [6.07, 6.45) is 0. The van der Waals surface area contributed by atoms with Gasteiger partial charge in [-0.05, 0) is 142 Å². The number of para-hydroxylation sites is 2. The second-order valence-electron chi connectivity index (χ2n) is 23.1. The van der Waals surface area contributed by atoms with E-state index in [0.29, 0.717) is 0 Å². The fourth-order valence-electron chi connectivity index (χ4n) is 12.2. The van der Waals surface area contributed by atoms with Crippen LogP contribution in [-0.4, -0.2) is 0 Å². The molecule has 1 nitrogen and oxygen atoms in total. The van der Waals surface area contributed by atoms with E-state index in [4.69, 9.17) is 0 Å². The van der Waals surface area contributed by atoms with E-state index >= 15 is 0 Å². The molecule has 0 radical (unpaired) electrons. The zero-order chi connectivity index (χ0) is 49.7. The van der Waals surface area contributed by atoms with Gasteiger partial charge in [-0.3, -0.25) is 0 Å². The van der Waals surface area contributed by atoms with Crippen LogP contribution in [0, 0.1) is 0 Å². The highest BCUT2D eigenvalue weighted by Gasteiger charge is 2.41. The molecule has 0 aromatic heterocycles. The minimum atomic E-state index is -0.322. The maximum absolute atomic E-state index is 2.56. The quantitative estimate of drug-likeness (QED) is 0.154. The highest BCUT2D eigenvalue weighted by molar-refractivity contribution is 6.09. The first-order valence-corrected chi connectivity index (χ1v) is 25.8. The van der Waals surface area contributed by atoms with Crippen molar-refractivity contribution in [2.75, 3.05) is 4.90 Å². The van der Waals surface area contributed by atoms with E-state index < -0.39 is 0 Å². The van der Waals surface area contributed by atoms with Gasteiger partial charge in [-0.15, -0.1) is 0 Å².